The van der Waals surface area contributed by atoms with Crippen molar-refractivity contribution in [2.45, 2.75) is 32.4 Å². The number of likely N-dealkylation sites (tertiary alicyclic amines) is 1. The molecule has 1 aliphatic heterocycles. The lowest BCUT2D eigenvalue weighted by Crippen LogP contribution is -2.43. The van der Waals surface area contributed by atoms with Gasteiger partial charge in [0.15, 0.2) is 0 Å². The molecule has 0 saturated carbocycles. The van der Waals surface area contributed by atoms with Crippen molar-refractivity contribution in [3.05, 3.63) is 37.3 Å². The number of piperidine rings is 1. The van der Waals surface area contributed by atoms with Crippen LogP contribution in [0.15, 0.2) is 37.3 Å². The van der Waals surface area contributed by atoms with E-state index in [1.165, 1.54) is 6.08 Å². The molecule has 0 aliphatic carbocycles. The van der Waals surface area contributed by atoms with Gasteiger partial charge >= 0.3 is 0 Å². The van der Waals surface area contributed by atoms with Gasteiger partial charge in [-0.1, -0.05) is 6.58 Å². The fourth-order valence-electron chi connectivity index (χ4n) is 3.31. The number of aromatic amines is 1. The zero-order chi connectivity index (χ0) is 19.5. The van der Waals surface area contributed by atoms with Crippen LogP contribution >= 0.6 is 0 Å². The lowest BCUT2D eigenvalue weighted by molar-refractivity contribution is -0.128. The van der Waals surface area contributed by atoms with Gasteiger partial charge in [0.25, 0.3) is 0 Å². The number of carbonyl (C=O) groups is 1. The summed E-state index contributed by atoms with van der Waals surface area (Å²) in [6.45, 7) is 7.62. The van der Waals surface area contributed by atoms with Gasteiger partial charge in [-0.15, -0.1) is 0 Å². The quantitative estimate of drug-likeness (QED) is 0.636. The maximum Gasteiger partial charge on any atom is 0.246 e. The number of hydrogen-bond donors (Lipinski definition) is 2. The van der Waals surface area contributed by atoms with Crippen molar-refractivity contribution in [3.63, 3.8) is 0 Å². The average Bonchev–Trinajstić information content (AvgIpc) is 3.37. The molecule has 9 nitrogen and oxygen atoms in total. The smallest absolute Gasteiger partial charge is 0.246 e. The molecule has 1 aliphatic rings. The fourth-order valence-corrected chi connectivity index (χ4v) is 3.31. The first-order valence-corrected chi connectivity index (χ1v) is 9.39. The number of hydrogen-bond acceptors (Lipinski definition) is 6. The Kier molecular flexibility index (Phi) is 4.96. The van der Waals surface area contributed by atoms with Crippen molar-refractivity contribution in [2.75, 3.05) is 18.4 Å². The zero-order valence-corrected chi connectivity index (χ0v) is 15.8. The molecule has 2 N–H and O–H groups in total. The van der Waals surface area contributed by atoms with Crippen LogP contribution in [0.1, 0.15) is 19.8 Å². The van der Waals surface area contributed by atoms with Crippen molar-refractivity contribution in [3.8, 4) is 5.88 Å². The Hall–Kier alpha value is -3.36. The van der Waals surface area contributed by atoms with Crippen LogP contribution in [-0.4, -0.2) is 54.7 Å². The minimum Gasteiger partial charge on any atom is -0.472 e. The molecule has 28 heavy (non-hydrogen) atoms. The first-order valence-electron chi connectivity index (χ1n) is 9.39. The van der Waals surface area contributed by atoms with Crippen LogP contribution in [0.4, 0.5) is 11.6 Å². The number of fused-ring (bicyclic) bond motifs is 1. The third kappa shape index (κ3) is 3.68. The monoisotopic (exact) mass is 381 g/mol. The molecule has 146 valence electrons. The van der Waals surface area contributed by atoms with Gasteiger partial charge in [0.1, 0.15) is 11.8 Å². The predicted octanol–water partition coefficient (Wildman–Crippen LogP) is 2.47. The molecule has 4 heterocycles. The minimum absolute atomic E-state index is 0.0712. The van der Waals surface area contributed by atoms with Crippen molar-refractivity contribution >= 4 is 28.6 Å². The third-order valence-electron chi connectivity index (χ3n) is 4.74. The largest absolute Gasteiger partial charge is 0.472 e. The number of nitrogens with one attached hydrogen (secondary N) is 2. The summed E-state index contributed by atoms with van der Waals surface area (Å²) in [6.07, 6.45) is 8.39. The standard InChI is InChI=1S/C19H23N7O2/c1-3-16(27)25-9-5-6-14(12-25)28-18-15-7-8-20-17(15)23-19(24-18)22-13-10-21-26(4-2)11-13/h3,7-8,10-11,14H,1,4-6,9,12H2,2H3,(H2,20,22,23,24). The second kappa shape index (κ2) is 7.71. The number of amides is 1. The molecular formula is C19H23N7O2. The van der Waals surface area contributed by atoms with E-state index in [0.717, 1.165) is 37.0 Å². The van der Waals surface area contributed by atoms with Crippen LogP contribution < -0.4 is 10.1 Å². The van der Waals surface area contributed by atoms with Gasteiger partial charge in [-0.05, 0) is 31.9 Å². The highest BCUT2D eigenvalue weighted by Crippen LogP contribution is 2.27. The molecule has 1 unspecified atom stereocenters. The van der Waals surface area contributed by atoms with E-state index >= 15 is 0 Å². The van der Waals surface area contributed by atoms with E-state index in [9.17, 15) is 4.79 Å². The van der Waals surface area contributed by atoms with Crippen LogP contribution in [-0.2, 0) is 11.3 Å². The second-order valence-electron chi connectivity index (χ2n) is 6.67. The average molecular weight is 381 g/mol. The Morgan fingerprint density at radius 2 is 2.39 bits per heavy atom. The molecule has 0 aromatic carbocycles. The van der Waals surface area contributed by atoms with E-state index in [4.69, 9.17) is 4.74 Å². The lowest BCUT2D eigenvalue weighted by Gasteiger charge is -2.32. The molecule has 0 spiro atoms. The highest BCUT2D eigenvalue weighted by Gasteiger charge is 2.25. The zero-order valence-electron chi connectivity index (χ0n) is 15.8. The van der Waals surface area contributed by atoms with Crippen LogP contribution in [0, 0.1) is 0 Å². The van der Waals surface area contributed by atoms with E-state index in [2.05, 4.69) is 31.9 Å². The first kappa shape index (κ1) is 18.0. The van der Waals surface area contributed by atoms with E-state index < -0.39 is 0 Å². The van der Waals surface area contributed by atoms with E-state index in [0.29, 0.717) is 24.0 Å². The number of ether oxygens (including phenoxy) is 1. The molecule has 0 bridgehead atoms. The van der Waals surface area contributed by atoms with Gasteiger partial charge < -0.3 is 19.9 Å². The molecule has 0 radical (unpaired) electrons. The van der Waals surface area contributed by atoms with Crippen molar-refractivity contribution < 1.29 is 9.53 Å². The molecule has 1 amide bonds. The summed E-state index contributed by atoms with van der Waals surface area (Å²) >= 11 is 0. The third-order valence-corrected chi connectivity index (χ3v) is 4.74. The van der Waals surface area contributed by atoms with Crippen LogP contribution in [0.25, 0.3) is 11.0 Å². The Morgan fingerprint density at radius 1 is 1.50 bits per heavy atom. The number of anilines is 2. The Morgan fingerprint density at radius 3 is 3.18 bits per heavy atom. The Balaban J connectivity index is 1.56. The first-order chi connectivity index (χ1) is 13.7. The minimum atomic E-state index is -0.124. The second-order valence-corrected chi connectivity index (χ2v) is 6.67. The van der Waals surface area contributed by atoms with Crippen molar-refractivity contribution in [2.24, 2.45) is 0 Å². The summed E-state index contributed by atoms with van der Waals surface area (Å²) < 4.78 is 8.02. The highest BCUT2D eigenvalue weighted by molar-refractivity contribution is 5.87. The normalized spacial score (nSPS) is 16.9. The summed E-state index contributed by atoms with van der Waals surface area (Å²) in [5.41, 5.74) is 1.49. The number of aryl methyl sites for hydroxylation is 1. The van der Waals surface area contributed by atoms with Crippen molar-refractivity contribution in [1.29, 1.82) is 0 Å². The summed E-state index contributed by atoms with van der Waals surface area (Å²) in [5.74, 6) is 0.850. The van der Waals surface area contributed by atoms with Gasteiger partial charge in [0.2, 0.25) is 17.7 Å². The molecular weight excluding hydrogens is 358 g/mol. The topological polar surface area (TPSA) is 101 Å². The molecule has 3 aromatic rings. The molecule has 1 atom stereocenters. The van der Waals surface area contributed by atoms with E-state index in [1.54, 1.807) is 17.3 Å². The van der Waals surface area contributed by atoms with E-state index in [1.807, 2.05) is 23.9 Å². The molecule has 9 heteroatoms. The predicted molar refractivity (Wildman–Crippen MR) is 105 cm³/mol. The SMILES string of the molecule is C=CC(=O)N1CCCC(Oc2nc(Nc3cnn(CC)c3)nc3[nH]ccc23)C1. The Labute approximate surface area is 162 Å². The highest BCUT2D eigenvalue weighted by atomic mass is 16.5. The molecule has 4 rings (SSSR count). The molecule has 1 fully saturated rings. The molecule has 1 saturated heterocycles. The maximum atomic E-state index is 11.9. The summed E-state index contributed by atoms with van der Waals surface area (Å²) in [5, 5.41) is 8.22. The van der Waals surface area contributed by atoms with Crippen LogP contribution in [0.2, 0.25) is 0 Å². The number of H-pyrrole nitrogens is 1. The van der Waals surface area contributed by atoms with Crippen molar-refractivity contribution in [1.82, 2.24) is 29.6 Å². The molecule has 3 aromatic heterocycles. The van der Waals surface area contributed by atoms with Gasteiger partial charge in [0, 0.05) is 25.5 Å². The van der Waals surface area contributed by atoms with Gasteiger partial charge in [0.05, 0.1) is 23.8 Å². The van der Waals surface area contributed by atoms with Gasteiger partial charge in [-0.2, -0.15) is 15.1 Å². The summed E-state index contributed by atoms with van der Waals surface area (Å²) in [4.78, 5) is 25.9. The number of carbonyl (C=O) groups excluding carboxylic acids is 1. The number of aromatic nitrogens is 5. The van der Waals surface area contributed by atoms with Gasteiger partial charge in [-0.25, -0.2) is 0 Å². The summed E-state index contributed by atoms with van der Waals surface area (Å²) in [7, 11) is 0. The maximum absolute atomic E-state index is 11.9. The van der Waals surface area contributed by atoms with E-state index in [-0.39, 0.29) is 12.0 Å². The van der Waals surface area contributed by atoms with Crippen LogP contribution in [0.3, 0.4) is 0 Å². The Bertz CT molecular complexity index is 993. The number of nitrogens with zero attached hydrogens (tertiary/aromatic N) is 5. The van der Waals surface area contributed by atoms with Crippen LogP contribution in [0.5, 0.6) is 5.88 Å². The lowest BCUT2D eigenvalue weighted by atomic mass is 10.1. The van der Waals surface area contributed by atoms with Gasteiger partial charge in [-0.3, -0.25) is 9.48 Å². The fraction of sp³-hybridized carbons (Fsp3) is 0.368. The summed E-state index contributed by atoms with van der Waals surface area (Å²) in [6, 6.07) is 1.89. The number of rotatable bonds is 6.